The average molecular weight is 464 g/mol. The number of carbonyl (C=O) groups excluding carboxylic acids is 1. The van der Waals surface area contributed by atoms with Crippen molar-refractivity contribution in [1.29, 1.82) is 5.26 Å². The molecule has 0 aliphatic carbocycles. The Labute approximate surface area is 198 Å². The number of aromatic nitrogens is 5. The first kappa shape index (κ1) is 21.7. The molecule has 0 atom stereocenters. The van der Waals surface area contributed by atoms with Gasteiger partial charge in [0.25, 0.3) is 5.91 Å². The fourth-order valence-electron chi connectivity index (χ4n) is 3.56. The second kappa shape index (κ2) is 9.36. The summed E-state index contributed by atoms with van der Waals surface area (Å²) in [6.07, 6.45) is 4.79. The smallest absolute Gasteiger partial charge is 0.255 e. The van der Waals surface area contributed by atoms with Crippen molar-refractivity contribution in [3.8, 4) is 17.3 Å². The van der Waals surface area contributed by atoms with Crippen LogP contribution in [0.25, 0.3) is 22.4 Å². The third kappa shape index (κ3) is 4.51. The molecule has 0 saturated heterocycles. The summed E-state index contributed by atoms with van der Waals surface area (Å²) in [7, 11) is 0. The van der Waals surface area contributed by atoms with Gasteiger partial charge in [0.1, 0.15) is 29.2 Å². The zero-order chi connectivity index (χ0) is 24.2. The Morgan fingerprint density at radius 1 is 1.06 bits per heavy atom. The predicted molar refractivity (Wildman–Crippen MR) is 128 cm³/mol. The van der Waals surface area contributed by atoms with E-state index in [4.69, 9.17) is 5.26 Å². The number of nitriles is 1. The van der Waals surface area contributed by atoms with Gasteiger partial charge in [-0.1, -0.05) is 12.1 Å². The summed E-state index contributed by atoms with van der Waals surface area (Å²) in [5, 5.41) is 14.4. The van der Waals surface area contributed by atoms with Crippen LogP contribution in [0.1, 0.15) is 15.9 Å². The number of anilines is 3. The van der Waals surface area contributed by atoms with Crippen LogP contribution >= 0.6 is 0 Å². The summed E-state index contributed by atoms with van der Waals surface area (Å²) in [5.74, 6) is -0.554. The second-order valence-electron chi connectivity index (χ2n) is 7.53. The average Bonchev–Trinajstić information content (AvgIpc) is 3.36. The summed E-state index contributed by atoms with van der Waals surface area (Å²) in [6.45, 7) is 0. The van der Waals surface area contributed by atoms with E-state index in [1.165, 1.54) is 24.8 Å². The molecule has 0 aliphatic heterocycles. The van der Waals surface area contributed by atoms with E-state index in [-0.39, 0.29) is 18.0 Å². The Hall–Kier alpha value is -5.17. The van der Waals surface area contributed by atoms with Crippen LogP contribution < -0.4 is 10.6 Å². The molecule has 0 fully saturated rings. The molecule has 0 aliphatic rings. The fourth-order valence-corrected chi connectivity index (χ4v) is 3.56. The van der Waals surface area contributed by atoms with Gasteiger partial charge < -0.3 is 15.6 Å². The Balaban J connectivity index is 1.36. The maximum atomic E-state index is 14.9. The molecule has 9 nitrogen and oxygen atoms in total. The van der Waals surface area contributed by atoms with E-state index in [9.17, 15) is 9.18 Å². The number of halogens is 1. The second-order valence-corrected chi connectivity index (χ2v) is 7.53. The molecule has 3 N–H and O–H groups in total. The van der Waals surface area contributed by atoms with E-state index >= 15 is 0 Å². The van der Waals surface area contributed by atoms with Crippen molar-refractivity contribution in [2.24, 2.45) is 0 Å². The lowest BCUT2D eigenvalue weighted by molar-refractivity contribution is 0.102. The van der Waals surface area contributed by atoms with Crippen LogP contribution in [0, 0.1) is 17.1 Å². The van der Waals surface area contributed by atoms with Gasteiger partial charge in [0.2, 0.25) is 0 Å². The van der Waals surface area contributed by atoms with E-state index < -0.39 is 5.82 Å². The molecule has 0 radical (unpaired) electrons. The molecule has 0 unspecified atom stereocenters. The van der Waals surface area contributed by atoms with Crippen LogP contribution in [0.5, 0.6) is 0 Å². The summed E-state index contributed by atoms with van der Waals surface area (Å²) in [5.41, 5.74) is 4.07. The minimum Gasteiger partial charge on any atom is -0.341 e. The van der Waals surface area contributed by atoms with Crippen molar-refractivity contribution < 1.29 is 9.18 Å². The van der Waals surface area contributed by atoms with Gasteiger partial charge in [-0.15, -0.1) is 0 Å². The summed E-state index contributed by atoms with van der Waals surface area (Å²) >= 11 is 0. The predicted octanol–water partition coefficient (Wildman–Crippen LogP) is 4.62. The van der Waals surface area contributed by atoms with E-state index in [1.54, 1.807) is 42.6 Å². The molecular formula is C25H17FN8O. The quantitative estimate of drug-likeness (QED) is 0.334. The number of hydrogen-bond donors (Lipinski definition) is 3. The lowest BCUT2D eigenvalue weighted by atomic mass is 10.1. The number of fused-ring (bicyclic) bond motifs is 1. The van der Waals surface area contributed by atoms with Crippen LogP contribution in [0.15, 0.2) is 73.4 Å². The lowest BCUT2D eigenvalue weighted by Gasteiger charge is -2.13. The minimum atomic E-state index is -0.571. The van der Waals surface area contributed by atoms with Gasteiger partial charge in [-0.25, -0.2) is 24.3 Å². The maximum absolute atomic E-state index is 14.9. The molecule has 0 bridgehead atoms. The first-order chi connectivity index (χ1) is 17.1. The monoisotopic (exact) mass is 464 g/mol. The third-order valence-electron chi connectivity index (χ3n) is 5.27. The summed E-state index contributed by atoms with van der Waals surface area (Å²) < 4.78 is 14.9. The number of rotatable bonds is 6. The van der Waals surface area contributed by atoms with Gasteiger partial charge in [-0.2, -0.15) is 5.26 Å². The number of aromatic amines is 1. The lowest BCUT2D eigenvalue weighted by Crippen LogP contribution is -2.12. The highest BCUT2D eigenvalue weighted by Gasteiger charge is 2.15. The van der Waals surface area contributed by atoms with Crippen molar-refractivity contribution >= 4 is 34.3 Å². The highest BCUT2D eigenvalue weighted by molar-refractivity contribution is 6.04. The molecule has 10 heteroatoms. The molecule has 3 heterocycles. The highest BCUT2D eigenvalue weighted by Crippen LogP contribution is 2.31. The van der Waals surface area contributed by atoms with Gasteiger partial charge in [0.15, 0.2) is 5.65 Å². The molecule has 170 valence electrons. The van der Waals surface area contributed by atoms with Crippen molar-refractivity contribution in [2.75, 3.05) is 10.6 Å². The van der Waals surface area contributed by atoms with Crippen LogP contribution in [0.2, 0.25) is 0 Å². The van der Waals surface area contributed by atoms with Gasteiger partial charge in [-0.3, -0.25) is 4.79 Å². The van der Waals surface area contributed by atoms with Crippen molar-refractivity contribution in [1.82, 2.24) is 24.9 Å². The number of nitrogens with one attached hydrogen (secondary N) is 3. The van der Waals surface area contributed by atoms with E-state index in [0.29, 0.717) is 39.5 Å². The van der Waals surface area contributed by atoms with Crippen molar-refractivity contribution in [2.45, 2.75) is 6.42 Å². The Kier molecular flexibility index (Phi) is 5.80. The van der Waals surface area contributed by atoms with Crippen LogP contribution in [-0.2, 0) is 6.42 Å². The van der Waals surface area contributed by atoms with Gasteiger partial charge in [-0.05, 0) is 48.0 Å². The molecule has 0 spiro atoms. The van der Waals surface area contributed by atoms with Gasteiger partial charge in [0, 0.05) is 23.0 Å². The topological polar surface area (TPSA) is 132 Å². The molecule has 1 amide bonds. The number of nitrogens with zero attached hydrogens (tertiary/aromatic N) is 5. The molecule has 0 saturated carbocycles. The Morgan fingerprint density at radius 3 is 2.71 bits per heavy atom. The largest absolute Gasteiger partial charge is 0.341 e. The summed E-state index contributed by atoms with van der Waals surface area (Å²) in [4.78, 5) is 32.5. The van der Waals surface area contributed by atoms with Crippen molar-refractivity contribution in [3.63, 3.8) is 0 Å². The molecular weight excluding hydrogens is 447 g/mol. The van der Waals surface area contributed by atoms with Gasteiger partial charge in [0.05, 0.1) is 24.5 Å². The fraction of sp³-hybridized carbons (Fsp3) is 0.0400. The molecule has 5 rings (SSSR count). The number of H-pyrrole nitrogens is 1. The molecule has 5 aromatic rings. The van der Waals surface area contributed by atoms with E-state index in [2.05, 4.69) is 41.6 Å². The summed E-state index contributed by atoms with van der Waals surface area (Å²) in [6, 6.07) is 16.6. The number of benzene rings is 2. The maximum Gasteiger partial charge on any atom is 0.255 e. The van der Waals surface area contributed by atoms with Crippen LogP contribution in [0.4, 0.5) is 21.6 Å². The standard InChI is InChI=1S/C25H17FN8O/c26-19-12-17(33-25(35)16-5-3-15(4-6-16)9-10-27)7-8-20(19)34-23-18(2-1-11-28-23)21-22-24(31-13-29-21)32-14-30-22/h1-8,11-14H,9H2,(H,28,34)(H,33,35)(H,29,30,31,32). The Bertz CT molecular complexity index is 1570. The number of pyridine rings is 1. The number of imidazole rings is 1. The van der Waals surface area contributed by atoms with Crippen LogP contribution in [-0.4, -0.2) is 30.8 Å². The van der Waals surface area contributed by atoms with Gasteiger partial charge >= 0.3 is 0 Å². The SMILES string of the molecule is N#CCc1ccc(C(=O)Nc2ccc(Nc3ncccc3-c3ncnc4nc[nH]c34)c(F)c2)cc1. The van der Waals surface area contributed by atoms with Crippen LogP contribution in [0.3, 0.4) is 0 Å². The zero-order valence-corrected chi connectivity index (χ0v) is 18.2. The number of amides is 1. The third-order valence-corrected chi connectivity index (χ3v) is 5.27. The van der Waals surface area contributed by atoms with Crippen molar-refractivity contribution in [3.05, 3.63) is 90.4 Å². The zero-order valence-electron chi connectivity index (χ0n) is 18.2. The first-order valence-electron chi connectivity index (χ1n) is 10.6. The Morgan fingerprint density at radius 2 is 1.91 bits per heavy atom. The van der Waals surface area contributed by atoms with E-state index in [0.717, 1.165) is 5.56 Å². The normalized spacial score (nSPS) is 10.6. The molecule has 35 heavy (non-hydrogen) atoms. The molecule has 2 aromatic carbocycles. The highest BCUT2D eigenvalue weighted by atomic mass is 19.1. The number of hydrogen-bond acceptors (Lipinski definition) is 7. The molecule has 3 aromatic heterocycles. The minimum absolute atomic E-state index is 0.179. The number of carbonyl (C=O) groups is 1. The van der Waals surface area contributed by atoms with E-state index in [1.807, 2.05) is 6.07 Å². The first-order valence-corrected chi connectivity index (χ1v) is 10.6.